The van der Waals surface area contributed by atoms with Crippen molar-refractivity contribution in [3.8, 4) is 0 Å². The van der Waals surface area contributed by atoms with Crippen LogP contribution in [0, 0.1) is 0 Å². The first kappa shape index (κ1) is 15.5. The molecule has 4 nitrogen and oxygen atoms in total. The number of amides is 2. The molecule has 0 aliphatic carbocycles. The molecule has 1 fully saturated rings. The molecule has 1 saturated heterocycles. The molecule has 1 heterocycles. The van der Waals surface area contributed by atoms with E-state index in [1.165, 1.54) is 5.56 Å². The Morgan fingerprint density at radius 1 is 1.19 bits per heavy atom. The minimum Gasteiger partial charge on any atom is -0.332 e. The van der Waals surface area contributed by atoms with Crippen molar-refractivity contribution in [1.82, 2.24) is 4.90 Å². The molecule has 0 radical (unpaired) electrons. The van der Waals surface area contributed by atoms with E-state index >= 15 is 0 Å². The third kappa shape index (κ3) is 3.84. The molecule has 2 rings (SSSR count). The summed E-state index contributed by atoms with van der Waals surface area (Å²) in [6.45, 7) is 6.92. The molecule has 1 N–H and O–H groups in total. The fourth-order valence-electron chi connectivity index (χ4n) is 2.67. The van der Waals surface area contributed by atoms with Crippen molar-refractivity contribution in [3.05, 3.63) is 29.8 Å². The zero-order chi connectivity index (χ0) is 15.4. The molecule has 0 aromatic heterocycles. The summed E-state index contributed by atoms with van der Waals surface area (Å²) in [7, 11) is 0. The number of likely N-dealkylation sites (tertiary alicyclic amines) is 1. The summed E-state index contributed by atoms with van der Waals surface area (Å²) in [5, 5.41) is 2.70. The molecule has 4 heteroatoms. The number of rotatable bonds is 2. The predicted molar refractivity (Wildman–Crippen MR) is 84.2 cm³/mol. The van der Waals surface area contributed by atoms with Crippen LogP contribution in [0.1, 0.15) is 51.5 Å². The van der Waals surface area contributed by atoms with E-state index in [1.54, 1.807) is 4.90 Å². The summed E-state index contributed by atoms with van der Waals surface area (Å²) < 4.78 is 0. The third-order valence-electron chi connectivity index (χ3n) is 4.09. The Bertz CT molecular complexity index is 508. The summed E-state index contributed by atoms with van der Waals surface area (Å²) in [4.78, 5) is 26.0. The lowest BCUT2D eigenvalue weighted by molar-refractivity contribution is -0.145. The average molecular weight is 288 g/mol. The van der Waals surface area contributed by atoms with Crippen molar-refractivity contribution in [2.75, 3.05) is 11.9 Å². The van der Waals surface area contributed by atoms with E-state index in [1.807, 2.05) is 31.2 Å². The summed E-state index contributed by atoms with van der Waals surface area (Å²) in [6, 6.07) is 7.81. The number of hydrogen-bond donors (Lipinski definition) is 1. The highest BCUT2D eigenvalue weighted by Crippen LogP contribution is 2.19. The van der Waals surface area contributed by atoms with Crippen LogP contribution in [0.5, 0.6) is 0 Å². The molecule has 0 spiro atoms. The Kier molecular flexibility index (Phi) is 4.99. The van der Waals surface area contributed by atoms with Gasteiger partial charge >= 0.3 is 11.8 Å². The van der Waals surface area contributed by atoms with Crippen molar-refractivity contribution in [3.63, 3.8) is 0 Å². The number of carbonyl (C=O) groups excluding carboxylic acids is 2. The smallest absolute Gasteiger partial charge is 0.313 e. The van der Waals surface area contributed by atoms with E-state index in [-0.39, 0.29) is 6.04 Å². The molecule has 0 saturated carbocycles. The summed E-state index contributed by atoms with van der Waals surface area (Å²) in [6.07, 6.45) is 3.08. The van der Waals surface area contributed by atoms with Crippen molar-refractivity contribution >= 4 is 17.5 Å². The molecule has 1 aliphatic heterocycles. The fraction of sp³-hybridized carbons (Fsp3) is 0.529. The number of anilines is 1. The molecule has 114 valence electrons. The molecule has 1 aliphatic rings. The zero-order valence-electron chi connectivity index (χ0n) is 13.1. The summed E-state index contributed by atoms with van der Waals surface area (Å²) in [5.74, 6) is -0.512. The first-order valence-electron chi connectivity index (χ1n) is 7.71. The molecule has 2 amide bonds. The van der Waals surface area contributed by atoms with Gasteiger partial charge in [0.05, 0.1) is 0 Å². The molecule has 0 bridgehead atoms. The fourth-order valence-corrected chi connectivity index (χ4v) is 2.67. The van der Waals surface area contributed by atoms with Gasteiger partial charge < -0.3 is 10.2 Å². The lowest BCUT2D eigenvalue weighted by Gasteiger charge is -2.32. The van der Waals surface area contributed by atoms with E-state index in [0.717, 1.165) is 19.3 Å². The quantitative estimate of drug-likeness (QED) is 0.850. The third-order valence-corrected chi connectivity index (χ3v) is 4.09. The second kappa shape index (κ2) is 6.74. The van der Waals surface area contributed by atoms with E-state index in [9.17, 15) is 9.59 Å². The number of benzene rings is 1. The van der Waals surface area contributed by atoms with Gasteiger partial charge in [-0.15, -0.1) is 0 Å². The van der Waals surface area contributed by atoms with Gasteiger partial charge in [-0.05, 0) is 49.8 Å². The van der Waals surface area contributed by atoms with Gasteiger partial charge in [0.2, 0.25) is 0 Å². The van der Waals surface area contributed by atoms with Crippen LogP contribution in [0.3, 0.4) is 0 Å². The van der Waals surface area contributed by atoms with E-state index < -0.39 is 11.8 Å². The molecule has 1 atom stereocenters. The summed E-state index contributed by atoms with van der Waals surface area (Å²) in [5.41, 5.74) is 1.88. The Balaban J connectivity index is 1.98. The normalized spacial score (nSPS) is 18.7. The maximum absolute atomic E-state index is 12.2. The molecular formula is C17H24N2O2. The second-order valence-corrected chi connectivity index (χ2v) is 6.07. The highest BCUT2D eigenvalue weighted by atomic mass is 16.2. The Morgan fingerprint density at radius 3 is 2.43 bits per heavy atom. The number of hydrogen-bond acceptors (Lipinski definition) is 2. The topological polar surface area (TPSA) is 49.4 Å². The molecule has 1 unspecified atom stereocenters. The predicted octanol–water partition coefficient (Wildman–Crippen LogP) is 3.15. The number of piperidine rings is 1. The van der Waals surface area contributed by atoms with Crippen LogP contribution < -0.4 is 5.32 Å². The Labute approximate surface area is 126 Å². The molecular weight excluding hydrogens is 264 g/mol. The maximum atomic E-state index is 12.2. The average Bonchev–Trinajstić information content (AvgIpc) is 2.47. The standard InChI is InChI=1S/C17H24N2O2/c1-12(2)14-7-9-15(10-8-14)18-16(20)17(21)19-11-5-4-6-13(19)3/h7-10,12-13H,4-6,11H2,1-3H3,(H,18,20). The zero-order valence-corrected chi connectivity index (χ0v) is 13.1. The van der Waals surface area contributed by atoms with Crippen molar-refractivity contribution < 1.29 is 9.59 Å². The second-order valence-electron chi connectivity index (χ2n) is 6.07. The van der Waals surface area contributed by atoms with Crippen LogP contribution in [0.4, 0.5) is 5.69 Å². The van der Waals surface area contributed by atoms with Gasteiger partial charge in [-0.25, -0.2) is 0 Å². The van der Waals surface area contributed by atoms with Crippen molar-refractivity contribution in [2.45, 2.75) is 52.0 Å². The van der Waals surface area contributed by atoms with Gasteiger partial charge in [-0.2, -0.15) is 0 Å². The minimum absolute atomic E-state index is 0.153. The SMILES string of the molecule is CC(C)c1ccc(NC(=O)C(=O)N2CCCCC2C)cc1. The van der Waals surface area contributed by atoms with Crippen LogP contribution in [-0.2, 0) is 9.59 Å². The van der Waals surface area contributed by atoms with Crippen LogP contribution >= 0.6 is 0 Å². The number of nitrogens with one attached hydrogen (secondary N) is 1. The number of carbonyl (C=O) groups is 2. The minimum atomic E-state index is -0.541. The Morgan fingerprint density at radius 2 is 1.86 bits per heavy atom. The largest absolute Gasteiger partial charge is 0.332 e. The maximum Gasteiger partial charge on any atom is 0.313 e. The summed E-state index contributed by atoms with van der Waals surface area (Å²) >= 11 is 0. The number of nitrogens with zero attached hydrogens (tertiary/aromatic N) is 1. The van der Waals surface area contributed by atoms with Crippen LogP contribution in [0.25, 0.3) is 0 Å². The molecule has 1 aromatic carbocycles. The van der Waals surface area contributed by atoms with Crippen LogP contribution in [0.15, 0.2) is 24.3 Å². The van der Waals surface area contributed by atoms with E-state index in [2.05, 4.69) is 19.2 Å². The highest BCUT2D eigenvalue weighted by molar-refractivity contribution is 6.39. The first-order chi connectivity index (χ1) is 9.99. The van der Waals surface area contributed by atoms with Gasteiger partial charge in [0.1, 0.15) is 0 Å². The molecule has 21 heavy (non-hydrogen) atoms. The van der Waals surface area contributed by atoms with Crippen molar-refractivity contribution in [1.29, 1.82) is 0 Å². The van der Waals surface area contributed by atoms with E-state index in [0.29, 0.717) is 18.2 Å². The monoisotopic (exact) mass is 288 g/mol. The Hall–Kier alpha value is -1.84. The van der Waals surface area contributed by atoms with Gasteiger partial charge in [0.25, 0.3) is 0 Å². The van der Waals surface area contributed by atoms with Crippen LogP contribution in [-0.4, -0.2) is 29.3 Å². The van der Waals surface area contributed by atoms with Gasteiger partial charge in [0.15, 0.2) is 0 Å². The first-order valence-corrected chi connectivity index (χ1v) is 7.71. The van der Waals surface area contributed by atoms with Crippen LogP contribution in [0.2, 0.25) is 0 Å². The van der Waals surface area contributed by atoms with Gasteiger partial charge in [-0.3, -0.25) is 9.59 Å². The molecule has 1 aromatic rings. The lowest BCUT2D eigenvalue weighted by atomic mass is 10.0. The van der Waals surface area contributed by atoms with E-state index in [4.69, 9.17) is 0 Å². The lowest BCUT2D eigenvalue weighted by Crippen LogP contribution is -2.47. The van der Waals surface area contributed by atoms with Crippen molar-refractivity contribution in [2.24, 2.45) is 0 Å². The van der Waals surface area contributed by atoms with Gasteiger partial charge in [-0.1, -0.05) is 26.0 Å². The highest BCUT2D eigenvalue weighted by Gasteiger charge is 2.28. The van der Waals surface area contributed by atoms with Gasteiger partial charge in [0, 0.05) is 18.3 Å².